The molecule has 0 unspecified atom stereocenters. The quantitative estimate of drug-likeness (QED) is 0.370. The average Bonchev–Trinajstić information content (AvgIpc) is 3.25. The minimum atomic E-state index is -0.305. The highest BCUT2D eigenvalue weighted by atomic mass is 16.5. The van der Waals surface area contributed by atoms with E-state index in [0.717, 1.165) is 41.0 Å². The third kappa shape index (κ3) is 3.96. The molecule has 0 fully saturated rings. The largest absolute Gasteiger partial charge is 0.457 e. The van der Waals surface area contributed by atoms with Crippen molar-refractivity contribution in [2.24, 2.45) is 5.10 Å². The molecule has 5 rings (SSSR count). The summed E-state index contributed by atoms with van der Waals surface area (Å²) in [6.07, 6.45) is 3.25. The first kappa shape index (κ1) is 18.8. The first-order valence-corrected chi connectivity index (χ1v) is 10.1. The second-order valence-electron chi connectivity index (χ2n) is 7.27. The SMILES string of the molecule is O=C(N/N=C/c1cccc(Oc2ccccc2)c1)c1[nH]nc2c1CCc1ccccc1-2. The first-order chi connectivity index (χ1) is 15.3. The van der Waals surface area contributed by atoms with Crippen LogP contribution in [0.5, 0.6) is 11.5 Å². The van der Waals surface area contributed by atoms with Crippen molar-refractivity contribution in [2.45, 2.75) is 12.8 Å². The monoisotopic (exact) mass is 408 g/mol. The Hall–Kier alpha value is -4.19. The van der Waals surface area contributed by atoms with E-state index in [-0.39, 0.29) is 5.91 Å². The zero-order valence-corrected chi connectivity index (χ0v) is 16.7. The molecule has 152 valence electrons. The molecule has 1 heterocycles. The molecular weight excluding hydrogens is 388 g/mol. The molecule has 0 spiro atoms. The lowest BCUT2D eigenvalue weighted by molar-refractivity contribution is 0.0949. The van der Waals surface area contributed by atoms with Gasteiger partial charge in [-0.1, -0.05) is 54.6 Å². The number of aromatic amines is 1. The lowest BCUT2D eigenvalue weighted by atomic mass is 9.89. The molecule has 1 aromatic heterocycles. The van der Waals surface area contributed by atoms with Crippen LogP contribution in [0, 0.1) is 0 Å². The molecule has 0 saturated heterocycles. The van der Waals surface area contributed by atoms with E-state index in [2.05, 4.69) is 26.8 Å². The number of nitrogens with zero attached hydrogens (tertiary/aromatic N) is 2. The smallest absolute Gasteiger partial charge is 0.289 e. The molecule has 0 aliphatic heterocycles. The lowest BCUT2D eigenvalue weighted by Crippen LogP contribution is -2.20. The number of hydrogen-bond acceptors (Lipinski definition) is 4. The third-order valence-corrected chi connectivity index (χ3v) is 5.23. The van der Waals surface area contributed by atoms with Gasteiger partial charge in [-0.25, -0.2) is 5.43 Å². The normalized spacial score (nSPS) is 12.3. The van der Waals surface area contributed by atoms with E-state index >= 15 is 0 Å². The zero-order valence-electron chi connectivity index (χ0n) is 16.7. The number of carbonyl (C=O) groups excluding carboxylic acids is 1. The molecule has 4 aromatic rings. The van der Waals surface area contributed by atoms with Crippen LogP contribution in [0.4, 0.5) is 0 Å². The Morgan fingerprint density at radius 1 is 0.968 bits per heavy atom. The maximum atomic E-state index is 12.7. The fraction of sp³-hybridized carbons (Fsp3) is 0.0800. The summed E-state index contributed by atoms with van der Waals surface area (Å²) in [5.74, 6) is 1.15. The number of nitrogens with one attached hydrogen (secondary N) is 2. The first-order valence-electron chi connectivity index (χ1n) is 10.1. The molecule has 1 aliphatic carbocycles. The standard InChI is InChI=1S/C25H20N4O2/c30-25(24-22-14-13-18-8-4-5-12-21(18)23(22)27-28-24)29-26-16-17-7-6-11-20(15-17)31-19-9-2-1-3-10-19/h1-12,15-16H,13-14H2,(H,27,28)(H,29,30)/b26-16+. The van der Waals surface area contributed by atoms with Crippen molar-refractivity contribution in [1.82, 2.24) is 15.6 Å². The highest BCUT2D eigenvalue weighted by Crippen LogP contribution is 2.33. The van der Waals surface area contributed by atoms with Crippen molar-refractivity contribution < 1.29 is 9.53 Å². The number of fused-ring (bicyclic) bond motifs is 3. The number of rotatable bonds is 5. The Kier molecular flexibility index (Phi) is 5.02. The number of carbonyl (C=O) groups is 1. The van der Waals surface area contributed by atoms with Crippen LogP contribution in [0.2, 0.25) is 0 Å². The number of benzene rings is 3. The summed E-state index contributed by atoms with van der Waals surface area (Å²) < 4.78 is 5.83. The zero-order chi connectivity index (χ0) is 21.0. The van der Waals surface area contributed by atoms with Gasteiger partial charge >= 0.3 is 0 Å². The van der Waals surface area contributed by atoms with Crippen LogP contribution in [0.3, 0.4) is 0 Å². The summed E-state index contributed by atoms with van der Waals surface area (Å²) in [4.78, 5) is 12.7. The van der Waals surface area contributed by atoms with Gasteiger partial charge in [-0.3, -0.25) is 9.89 Å². The van der Waals surface area contributed by atoms with Gasteiger partial charge in [0.05, 0.1) is 11.9 Å². The summed E-state index contributed by atoms with van der Waals surface area (Å²) in [7, 11) is 0. The van der Waals surface area contributed by atoms with E-state index < -0.39 is 0 Å². The van der Waals surface area contributed by atoms with Gasteiger partial charge in [0.25, 0.3) is 5.91 Å². The molecule has 3 aromatic carbocycles. The molecule has 0 bridgehead atoms. The summed E-state index contributed by atoms with van der Waals surface area (Å²) in [6.45, 7) is 0. The highest BCUT2D eigenvalue weighted by Gasteiger charge is 2.24. The van der Waals surface area contributed by atoms with Crippen LogP contribution in [0.15, 0.2) is 84.0 Å². The van der Waals surface area contributed by atoms with Gasteiger partial charge in [0.15, 0.2) is 0 Å². The van der Waals surface area contributed by atoms with Crippen molar-refractivity contribution in [3.63, 3.8) is 0 Å². The molecule has 1 amide bonds. The van der Waals surface area contributed by atoms with Crippen molar-refractivity contribution in [1.29, 1.82) is 0 Å². The van der Waals surface area contributed by atoms with Crippen molar-refractivity contribution >= 4 is 12.1 Å². The molecule has 6 nitrogen and oxygen atoms in total. The van der Waals surface area contributed by atoms with Gasteiger partial charge in [-0.15, -0.1) is 0 Å². The predicted molar refractivity (Wildman–Crippen MR) is 119 cm³/mol. The van der Waals surface area contributed by atoms with Crippen LogP contribution in [0.25, 0.3) is 11.3 Å². The number of H-pyrrole nitrogens is 1. The number of ether oxygens (including phenoxy) is 1. The highest BCUT2D eigenvalue weighted by molar-refractivity contribution is 5.96. The summed E-state index contributed by atoms with van der Waals surface area (Å²) in [5.41, 5.74) is 7.99. The van der Waals surface area contributed by atoms with E-state index in [1.807, 2.05) is 72.8 Å². The predicted octanol–water partition coefficient (Wildman–Crippen LogP) is 4.73. The number of hydrogen-bond donors (Lipinski definition) is 2. The van der Waals surface area contributed by atoms with Crippen molar-refractivity contribution in [3.05, 3.63) is 101 Å². The van der Waals surface area contributed by atoms with Gasteiger partial charge in [0.1, 0.15) is 17.2 Å². The summed E-state index contributed by atoms with van der Waals surface area (Å²) in [6, 6.07) is 25.2. The van der Waals surface area contributed by atoms with E-state index in [0.29, 0.717) is 11.4 Å². The Morgan fingerprint density at radius 3 is 2.68 bits per heavy atom. The second-order valence-corrected chi connectivity index (χ2v) is 7.27. The van der Waals surface area contributed by atoms with Gasteiger partial charge in [-0.05, 0) is 48.2 Å². The van der Waals surface area contributed by atoms with Crippen LogP contribution >= 0.6 is 0 Å². The maximum absolute atomic E-state index is 12.7. The maximum Gasteiger partial charge on any atom is 0.289 e. The van der Waals surface area contributed by atoms with Gasteiger partial charge in [0.2, 0.25) is 0 Å². The Bertz CT molecular complexity index is 1260. The van der Waals surface area contributed by atoms with Gasteiger partial charge < -0.3 is 4.74 Å². The van der Waals surface area contributed by atoms with Crippen LogP contribution in [-0.4, -0.2) is 22.3 Å². The molecule has 0 atom stereocenters. The minimum absolute atomic E-state index is 0.305. The molecule has 2 N–H and O–H groups in total. The number of aryl methyl sites for hydroxylation is 1. The number of aromatic nitrogens is 2. The third-order valence-electron chi connectivity index (χ3n) is 5.23. The van der Waals surface area contributed by atoms with Crippen LogP contribution in [0.1, 0.15) is 27.2 Å². The van der Waals surface area contributed by atoms with Gasteiger partial charge in [-0.2, -0.15) is 10.2 Å². The van der Waals surface area contributed by atoms with E-state index in [1.165, 1.54) is 5.56 Å². The molecular formula is C25H20N4O2. The molecule has 31 heavy (non-hydrogen) atoms. The van der Waals surface area contributed by atoms with Crippen LogP contribution in [-0.2, 0) is 12.8 Å². The summed E-state index contributed by atoms with van der Waals surface area (Å²) >= 11 is 0. The second kappa shape index (κ2) is 8.28. The van der Waals surface area contributed by atoms with Gasteiger partial charge in [0, 0.05) is 11.1 Å². The molecule has 0 saturated carbocycles. The topological polar surface area (TPSA) is 79.4 Å². The van der Waals surface area contributed by atoms with Crippen LogP contribution < -0.4 is 10.2 Å². The Morgan fingerprint density at radius 2 is 1.77 bits per heavy atom. The number of para-hydroxylation sites is 1. The van der Waals surface area contributed by atoms with E-state index in [9.17, 15) is 4.79 Å². The number of hydrazone groups is 1. The Labute approximate surface area is 179 Å². The van der Waals surface area contributed by atoms with E-state index in [4.69, 9.17) is 4.74 Å². The van der Waals surface area contributed by atoms with Crippen molar-refractivity contribution in [3.8, 4) is 22.8 Å². The van der Waals surface area contributed by atoms with E-state index in [1.54, 1.807) is 6.21 Å². The average molecular weight is 408 g/mol. The minimum Gasteiger partial charge on any atom is -0.457 e. The lowest BCUT2D eigenvalue weighted by Gasteiger charge is -2.15. The Balaban J connectivity index is 1.28. The summed E-state index contributed by atoms with van der Waals surface area (Å²) in [5, 5.41) is 11.4. The van der Waals surface area contributed by atoms with Crippen molar-refractivity contribution in [2.75, 3.05) is 0 Å². The molecule has 0 radical (unpaired) electrons. The fourth-order valence-corrected chi connectivity index (χ4v) is 3.75. The molecule has 1 aliphatic rings. The fourth-order valence-electron chi connectivity index (χ4n) is 3.75. The number of amides is 1. The molecule has 6 heteroatoms.